The van der Waals surface area contributed by atoms with Crippen molar-refractivity contribution >= 4 is 17.4 Å². The molecule has 3 saturated carbocycles. The number of ketones is 1. The Bertz CT molecular complexity index is 592. The van der Waals surface area contributed by atoms with Crippen LogP contribution in [-0.2, 0) is 4.79 Å². The largest absolute Gasteiger partial charge is 0.390 e. The maximum atomic E-state index is 12.0. The molecule has 23 heavy (non-hydrogen) atoms. The predicted molar refractivity (Wildman–Crippen MR) is 92.1 cm³/mol. The summed E-state index contributed by atoms with van der Waals surface area (Å²) in [6.45, 7) is 6.75. The van der Waals surface area contributed by atoms with Crippen LogP contribution in [0.2, 0.25) is 0 Å². The Balaban J connectivity index is 1.72. The molecule has 0 bridgehead atoms. The van der Waals surface area contributed by atoms with E-state index in [1.165, 1.54) is 12.0 Å². The number of carbonyl (C=O) groups excluding carboxylic acids is 1. The minimum atomic E-state index is -0.514. The Morgan fingerprint density at radius 1 is 1.00 bits per heavy atom. The first kappa shape index (κ1) is 16.1. The van der Waals surface area contributed by atoms with Gasteiger partial charge in [-0.25, -0.2) is 0 Å². The molecular weight excluding hydrogens is 308 g/mol. The maximum absolute atomic E-state index is 12.0. The highest BCUT2D eigenvalue weighted by Gasteiger charge is 2.62. The van der Waals surface area contributed by atoms with E-state index in [2.05, 4.69) is 20.8 Å². The number of halogens is 1. The normalized spacial score (nSPS) is 52.9. The van der Waals surface area contributed by atoms with Crippen molar-refractivity contribution in [2.45, 2.75) is 77.7 Å². The maximum Gasteiger partial charge on any atom is 0.174 e. The lowest BCUT2D eigenvalue weighted by Crippen LogP contribution is -2.54. The van der Waals surface area contributed by atoms with Gasteiger partial charge in [0.25, 0.3) is 0 Å². The molecule has 4 aliphatic rings. The second-order valence-electron chi connectivity index (χ2n) is 9.32. The van der Waals surface area contributed by atoms with E-state index < -0.39 is 5.60 Å². The Kier molecular flexibility index (Phi) is 3.40. The van der Waals surface area contributed by atoms with Gasteiger partial charge in [-0.3, -0.25) is 4.79 Å². The first-order valence-electron chi connectivity index (χ1n) is 9.35. The number of carbonyl (C=O) groups is 1. The van der Waals surface area contributed by atoms with Crippen LogP contribution in [0.4, 0.5) is 0 Å². The highest BCUT2D eigenvalue weighted by molar-refractivity contribution is 6.43. The predicted octanol–water partition coefficient (Wildman–Crippen LogP) is 4.84. The number of allylic oxidation sites excluding steroid dienone is 1. The van der Waals surface area contributed by atoms with Crippen molar-refractivity contribution in [3.63, 3.8) is 0 Å². The molecule has 0 spiro atoms. The van der Waals surface area contributed by atoms with E-state index in [1.54, 1.807) is 0 Å². The Morgan fingerprint density at radius 2 is 1.70 bits per heavy atom. The molecule has 1 N–H and O–H groups in total. The summed E-state index contributed by atoms with van der Waals surface area (Å²) in [4.78, 5) is 12.0. The molecule has 4 aliphatic carbocycles. The third-order valence-corrected chi connectivity index (χ3v) is 9.05. The topological polar surface area (TPSA) is 37.3 Å². The minimum Gasteiger partial charge on any atom is -0.390 e. The second-order valence-corrected chi connectivity index (χ2v) is 9.70. The molecule has 2 nitrogen and oxygen atoms in total. The molecule has 3 heteroatoms. The van der Waals surface area contributed by atoms with Crippen molar-refractivity contribution in [3.05, 3.63) is 10.6 Å². The van der Waals surface area contributed by atoms with Gasteiger partial charge < -0.3 is 5.11 Å². The van der Waals surface area contributed by atoms with Gasteiger partial charge >= 0.3 is 0 Å². The molecule has 0 heterocycles. The molecule has 0 aromatic carbocycles. The number of Topliss-reactive ketones (excluding diaryl/α,β-unsaturated/α-hetero) is 1. The fourth-order valence-electron chi connectivity index (χ4n) is 6.89. The molecule has 0 saturated heterocycles. The van der Waals surface area contributed by atoms with Gasteiger partial charge in [0.2, 0.25) is 0 Å². The summed E-state index contributed by atoms with van der Waals surface area (Å²) in [5.41, 5.74) is 0.925. The quantitative estimate of drug-likeness (QED) is 0.687. The van der Waals surface area contributed by atoms with E-state index >= 15 is 0 Å². The van der Waals surface area contributed by atoms with Gasteiger partial charge in [-0.1, -0.05) is 25.4 Å². The monoisotopic (exact) mass is 336 g/mol. The van der Waals surface area contributed by atoms with Crippen LogP contribution in [0, 0.1) is 28.6 Å². The lowest BCUT2D eigenvalue weighted by atomic mass is 9.46. The number of rotatable bonds is 0. The van der Waals surface area contributed by atoms with E-state index in [9.17, 15) is 9.90 Å². The summed E-state index contributed by atoms with van der Waals surface area (Å²) in [6, 6.07) is 0. The van der Waals surface area contributed by atoms with Crippen LogP contribution >= 0.6 is 11.6 Å². The summed E-state index contributed by atoms with van der Waals surface area (Å²) in [5.74, 6) is 2.11. The SMILES string of the molecule is CC12CCC(=O)C(Cl)=C1CCC1C2CCC2(C)C1CCC2(C)O. The van der Waals surface area contributed by atoms with Crippen LogP contribution in [0.25, 0.3) is 0 Å². The van der Waals surface area contributed by atoms with Crippen LogP contribution in [-0.4, -0.2) is 16.5 Å². The van der Waals surface area contributed by atoms with Gasteiger partial charge in [-0.15, -0.1) is 0 Å². The van der Waals surface area contributed by atoms with Crippen molar-refractivity contribution in [2.75, 3.05) is 0 Å². The van der Waals surface area contributed by atoms with Crippen molar-refractivity contribution < 1.29 is 9.90 Å². The highest BCUT2D eigenvalue weighted by atomic mass is 35.5. The van der Waals surface area contributed by atoms with Gasteiger partial charge in [0.05, 0.1) is 10.6 Å². The van der Waals surface area contributed by atoms with E-state index in [4.69, 9.17) is 11.6 Å². The van der Waals surface area contributed by atoms with Crippen molar-refractivity contribution in [2.24, 2.45) is 28.6 Å². The van der Waals surface area contributed by atoms with Crippen LogP contribution in [0.15, 0.2) is 10.6 Å². The lowest BCUT2D eigenvalue weighted by molar-refractivity contribution is -0.124. The molecule has 3 fully saturated rings. The second kappa shape index (κ2) is 4.85. The zero-order valence-electron chi connectivity index (χ0n) is 14.6. The van der Waals surface area contributed by atoms with Gasteiger partial charge in [-0.2, -0.15) is 0 Å². The minimum absolute atomic E-state index is 0.0695. The lowest BCUT2D eigenvalue weighted by Gasteiger charge is -2.59. The van der Waals surface area contributed by atoms with E-state index in [1.807, 2.05) is 0 Å². The van der Waals surface area contributed by atoms with E-state index in [0.717, 1.165) is 38.5 Å². The fourth-order valence-corrected chi connectivity index (χ4v) is 7.30. The zero-order valence-corrected chi connectivity index (χ0v) is 15.4. The summed E-state index contributed by atoms with van der Waals surface area (Å²) < 4.78 is 0. The van der Waals surface area contributed by atoms with Crippen molar-refractivity contribution in [1.29, 1.82) is 0 Å². The molecule has 0 aromatic rings. The fraction of sp³-hybridized carbons (Fsp3) is 0.850. The summed E-state index contributed by atoms with van der Waals surface area (Å²) in [7, 11) is 0. The van der Waals surface area contributed by atoms with Crippen molar-refractivity contribution in [1.82, 2.24) is 0 Å². The average Bonchev–Trinajstić information content (AvgIpc) is 2.74. The van der Waals surface area contributed by atoms with E-state index in [-0.39, 0.29) is 16.6 Å². The first-order valence-corrected chi connectivity index (χ1v) is 9.73. The number of hydrogen-bond acceptors (Lipinski definition) is 2. The first-order chi connectivity index (χ1) is 10.7. The van der Waals surface area contributed by atoms with Crippen LogP contribution in [0.5, 0.6) is 0 Å². The molecule has 4 rings (SSSR count). The Labute approximate surface area is 144 Å². The molecule has 0 aliphatic heterocycles. The van der Waals surface area contributed by atoms with Crippen LogP contribution in [0.3, 0.4) is 0 Å². The average molecular weight is 337 g/mol. The third kappa shape index (κ3) is 1.94. The highest BCUT2D eigenvalue weighted by Crippen LogP contribution is 2.67. The molecule has 0 aromatic heterocycles. The standard InChI is InChI=1S/C20H29ClO2/c1-18-9-8-16(22)17(21)15(18)5-4-12-13(18)6-10-19(2)14(12)7-11-20(19,3)23/h12-14,23H,4-11H2,1-3H3. The molecule has 0 amide bonds. The van der Waals surface area contributed by atoms with Gasteiger partial charge in [0, 0.05) is 6.42 Å². The van der Waals surface area contributed by atoms with Crippen molar-refractivity contribution in [3.8, 4) is 0 Å². The Morgan fingerprint density at radius 3 is 2.43 bits per heavy atom. The molecular formula is C20H29ClO2. The third-order valence-electron chi connectivity index (χ3n) is 8.62. The van der Waals surface area contributed by atoms with Gasteiger partial charge in [-0.05, 0) is 86.0 Å². The molecule has 128 valence electrons. The van der Waals surface area contributed by atoms with Gasteiger partial charge in [0.15, 0.2) is 5.78 Å². The smallest absolute Gasteiger partial charge is 0.174 e. The van der Waals surface area contributed by atoms with Crippen LogP contribution < -0.4 is 0 Å². The number of hydrogen-bond donors (Lipinski definition) is 1. The van der Waals surface area contributed by atoms with Gasteiger partial charge in [0.1, 0.15) is 0 Å². The summed E-state index contributed by atoms with van der Waals surface area (Å²) in [6.07, 6.45) is 8.10. The Hall–Kier alpha value is -0.340. The summed E-state index contributed by atoms with van der Waals surface area (Å²) >= 11 is 6.44. The number of fused-ring (bicyclic) bond motifs is 5. The molecule has 6 unspecified atom stereocenters. The molecule has 6 atom stereocenters. The number of aliphatic hydroxyl groups is 1. The summed E-state index contributed by atoms with van der Waals surface area (Å²) in [5, 5.41) is 11.5. The van der Waals surface area contributed by atoms with Crippen LogP contribution in [0.1, 0.15) is 72.1 Å². The zero-order chi connectivity index (χ0) is 16.6. The van der Waals surface area contributed by atoms with E-state index in [0.29, 0.717) is 29.2 Å². The molecule has 0 radical (unpaired) electrons.